The van der Waals surface area contributed by atoms with Crippen LogP contribution < -0.4 is 24.8 Å². The summed E-state index contributed by atoms with van der Waals surface area (Å²) in [5.74, 6) is -1.36. The second kappa shape index (κ2) is 17.0. The number of sulfonamides is 1. The summed E-state index contributed by atoms with van der Waals surface area (Å²) in [6, 6.07) is 5.38. The maximum Gasteiger partial charge on any atom is 0.408 e. The van der Waals surface area contributed by atoms with Crippen LogP contribution in [0.25, 0.3) is 10.9 Å². The van der Waals surface area contributed by atoms with Crippen molar-refractivity contribution in [2.24, 2.45) is 17.3 Å². The Morgan fingerprint density at radius 1 is 1.08 bits per heavy atom. The summed E-state index contributed by atoms with van der Waals surface area (Å²) in [5, 5.41) is 5.83. The highest BCUT2D eigenvalue weighted by atomic mass is 32.2. The minimum atomic E-state index is -3.92. The Labute approximate surface area is 356 Å². The van der Waals surface area contributed by atoms with Gasteiger partial charge in [-0.2, -0.15) is 0 Å². The lowest BCUT2D eigenvalue weighted by Crippen LogP contribution is -2.60. The van der Waals surface area contributed by atoms with E-state index in [1.54, 1.807) is 0 Å². The molecule has 3 saturated carbocycles. The molecule has 0 unspecified atom stereocenters. The Bertz CT molecular complexity index is 2160. The predicted octanol–water partition coefficient (Wildman–Crippen LogP) is 4.32. The van der Waals surface area contributed by atoms with E-state index in [1.807, 2.05) is 45.0 Å². The molecule has 3 aliphatic carbocycles. The van der Waals surface area contributed by atoms with E-state index in [1.165, 1.54) is 11.0 Å². The van der Waals surface area contributed by atoms with Crippen LogP contribution in [0.15, 0.2) is 36.9 Å². The zero-order chi connectivity index (χ0) is 43.3. The van der Waals surface area contributed by atoms with Crippen molar-refractivity contribution < 1.29 is 46.2 Å². The zero-order valence-electron chi connectivity index (χ0n) is 35.3. The topological polar surface area (TPSA) is 186 Å². The number of hydrogen-bond donors (Lipinski definition) is 3. The van der Waals surface area contributed by atoms with Gasteiger partial charge in [-0.3, -0.25) is 24.0 Å². The van der Waals surface area contributed by atoms with Gasteiger partial charge in [0.25, 0.3) is 5.91 Å². The number of rotatable bonds is 11. The SMILES string of the molecule is C=C[C@@H]1C[C@]1(NC(=O)[C@@H]1C[C@@H]2CN1C(=O)[C@H](C(C)(C)C)NC(=O)O[C@@H]1C[C@H]1CCCCCc1c(nc3ccccc3c1OCCCN1CC(F)C1)O2)C(=O)NS(=O)(=O)C1CC1. The number of carbonyl (C=O) groups is 4. The van der Waals surface area contributed by atoms with Gasteiger partial charge in [0.1, 0.15) is 41.8 Å². The van der Waals surface area contributed by atoms with Gasteiger partial charge in [0.2, 0.25) is 27.7 Å². The predicted molar refractivity (Wildman–Crippen MR) is 224 cm³/mol. The zero-order valence-corrected chi connectivity index (χ0v) is 36.1. The first kappa shape index (κ1) is 43.2. The average molecular weight is 867 g/mol. The molecule has 0 radical (unpaired) electrons. The number of alkyl carbamates (subject to hydrolysis) is 1. The number of likely N-dealkylation sites (tertiary alicyclic amines) is 1. The van der Waals surface area contributed by atoms with Crippen molar-refractivity contribution in [2.45, 2.75) is 133 Å². The van der Waals surface area contributed by atoms with Gasteiger partial charge >= 0.3 is 6.09 Å². The Morgan fingerprint density at radius 2 is 1.85 bits per heavy atom. The number of ether oxygens (including phenoxy) is 3. The second-order valence-corrected chi connectivity index (χ2v) is 20.9. The molecule has 15 nitrogen and oxygen atoms in total. The van der Waals surface area contributed by atoms with Crippen LogP contribution >= 0.6 is 0 Å². The van der Waals surface area contributed by atoms with E-state index in [9.17, 15) is 32.0 Å². The molecular formula is C44H59FN6O9S. The molecule has 3 aliphatic heterocycles. The molecule has 4 amide bonds. The van der Waals surface area contributed by atoms with Gasteiger partial charge < -0.3 is 29.7 Å². The number of halogens is 1. The van der Waals surface area contributed by atoms with Gasteiger partial charge in [-0.25, -0.2) is 22.6 Å². The number of benzene rings is 1. The minimum absolute atomic E-state index is 0.00893. The molecule has 61 heavy (non-hydrogen) atoms. The molecule has 1 aromatic heterocycles. The summed E-state index contributed by atoms with van der Waals surface area (Å²) in [6.07, 6.45) is 5.63. The number of amides is 4. The first-order chi connectivity index (χ1) is 29.1. The first-order valence-electron chi connectivity index (χ1n) is 21.9. The number of fused-ring (bicyclic) bond motifs is 5. The normalized spacial score (nSPS) is 29.9. The van der Waals surface area contributed by atoms with E-state index in [0.29, 0.717) is 69.1 Å². The molecule has 2 aromatic rings. The highest BCUT2D eigenvalue weighted by Crippen LogP contribution is 2.46. The van der Waals surface area contributed by atoms with Crippen LogP contribution in [0, 0.1) is 17.3 Å². The van der Waals surface area contributed by atoms with E-state index < -0.39 is 80.3 Å². The van der Waals surface area contributed by atoms with Crippen LogP contribution in [0.3, 0.4) is 0 Å². The van der Waals surface area contributed by atoms with E-state index in [4.69, 9.17) is 19.2 Å². The van der Waals surface area contributed by atoms with Crippen molar-refractivity contribution >= 4 is 44.7 Å². The van der Waals surface area contributed by atoms with Gasteiger partial charge in [0.05, 0.1) is 29.5 Å². The maximum absolute atomic E-state index is 14.8. The second-order valence-electron chi connectivity index (χ2n) is 18.9. The molecule has 8 rings (SSSR count). The average Bonchev–Trinajstić information content (AvgIpc) is 4.13. The highest BCUT2D eigenvalue weighted by Gasteiger charge is 2.62. The monoisotopic (exact) mass is 866 g/mol. The Kier molecular flexibility index (Phi) is 12.0. The molecule has 4 heterocycles. The van der Waals surface area contributed by atoms with Crippen molar-refractivity contribution in [3.63, 3.8) is 0 Å². The quantitative estimate of drug-likeness (QED) is 0.216. The van der Waals surface area contributed by atoms with Gasteiger partial charge in [-0.1, -0.05) is 51.8 Å². The smallest absolute Gasteiger partial charge is 0.408 e. The fourth-order valence-corrected chi connectivity index (χ4v) is 10.4. The van der Waals surface area contributed by atoms with Crippen LogP contribution in [0.5, 0.6) is 11.6 Å². The first-order valence-corrected chi connectivity index (χ1v) is 23.5. The molecule has 17 heteroatoms. The number of carbonyl (C=O) groups excluding carboxylic acids is 4. The van der Waals surface area contributed by atoms with E-state index in [0.717, 1.165) is 43.1 Å². The molecule has 2 bridgehead atoms. The summed E-state index contributed by atoms with van der Waals surface area (Å²) in [6.45, 7) is 11.2. The number of hydrogen-bond acceptors (Lipinski definition) is 11. The third-order valence-corrected chi connectivity index (χ3v) is 14.9. The minimum Gasteiger partial charge on any atom is -0.492 e. The molecule has 2 saturated heterocycles. The molecule has 0 spiro atoms. The largest absolute Gasteiger partial charge is 0.492 e. The van der Waals surface area contributed by atoms with E-state index in [-0.39, 0.29) is 31.4 Å². The summed E-state index contributed by atoms with van der Waals surface area (Å²) in [4.78, 5) is 64.8. The van der Waals surface area contributed by atoms with Crippen LogP contribution in [-0.4, -0.2) is 121 Å². The van der Waals surface area contributed by atoms with Crippen molar-refractivity contribution in [3.8, 4) is 11.6 Å². The third kappa shape index (κ3) is 9.47. The lowest BCUT2D eigenvalue weighted by Gasteiger charge is -2.35. The van der Waals surface area contributed by atoms with Crippen LogP contribution in [0.1, 0.15) is 90.5 Å². The summed E-state index contributed by atoms with van der Waals surface area (Å²) in [7, 11) is -3.92. The number of nitrogens with one attached hydrogen (secondary N) is 3. The van der Waals surface area contributed by atoms with Crippen molar-refractivity contribution in [1.82, 2.24) is 30.1 Å². The maximum atomic E-state index is 14.8. The van der Waals surface area contributed by atoms with Gasteiger partial charge in [0, 0.05) is 37.4 Å². The van der Waals surface area contributed by atoms with E-state index in [2.05, 4.69) is 26.8 Å². The summed E-state index contributed by atoms with van der Waals surface area (Å²) < 4.78 is 60.5. The lowest BCUT2D eigenvalue weighted by molar-refractivity contribution is -0.142. The van der Waals surface area contributed by atoms with Crippen molar-refractivity contribution in [2.75, 3.05) is 32.8 Å². The lowest BCUT2D eigenvalue weighted by atomic mass is 9.85. The molecular weight excluding hydrogens is 808 g/mol. The Balaban J connectivity index is 1.11. The van der Waals surface area contributed by atoms with Gasteiger partial charge in [-0.15, -0.1) is 6.58 Å². The molecule has 1 aromatic carbocycles. The summed E-state index contributed by atoms with van der Waals surface area (Å²) >= 11 is 0. The standard InChI is InChI=1S/C44H59FN6O9S/c1-5-27-22-44(27,41(54)49-61(56,57)30-16-17-30)48-38(52)34-21-29-25-51(34)40(53)37(43(2,3)4)47-42(55)60-35-20-26(35)12-7-6-8-14-32-36(58-19-11-18-50-23-28(45)24-50)31-13-9-10-15-33(31)46-39(32)59-29/h5,9-10,13,15,26-30,34-35,37H,1,6-8,11-12,14,16-25H2,2-4H3,(H,47,55)(H,48,52)(H,49,54)/t26-,27-,29-,34+,35-,37-,44-/m1/s1. The molecule has 3 N–H and O–H groups in total. The van der Waals surface area contributed by atoms with Crippen LogP contribution in [0.2, 0.25) is 0 Å². The highest BCUT2D eigenvalue weighted by molar-refractivity contribution is 7.91. The molecule has 6 aliphatic rings. The van der Waals surface area contributed by atoms with Crippen LogP contribution in [-0.2, 0) is 35.6 Å². The number of nitrogens with zero attached hydrogens (tertiary/aromatic N) is 3. The number of pyridine rings is 1. The summed E-state index contributed by atoms with van der Waals surface area (Å²) in [5.41, 5.74) is -0.957. The van der Waals surface area contributed by atoms with Gasteiger partial charge in [-0.05, 0) is 74.8 Å². The molecule has 7 atom stereocenters. The van der Waals surface area contributed by atoms with Gasteiger partial charge in [0.15, 0.2) is 0 Å². The fraction of sp³-hybridized carbons (Fsp3) is 0.659. The third-order valence-electron chi connectivity index (χ3n) is 13.0. The number of para-hydroxylation sites is 1. The number of alkyl halides is 1. The Hall–Kier alpha value is -4.51. The van der Waals surface area contributed by atoms with E-state index >= 15 is 0 Å². The van der Waals surface area contributed by atoms with Crippen LogP contribution in [0.4, 0.5) is 9.18 Å². The number of aromatic nitrogens is 1. The van der Waals surface area contributed by atoms with Crippen molar-refractivity contribution in [1.29, 1.82) is 0 Å². The van der Waals surface area contributed by atoms with Crippen molar-refractivity contribution in [3.05, 3.63) is 42.5 Å². The molecule has 5 fully saturated rings. The fourth-order valence-electron chi connectivity index (χ4n) is 9.04. The molecule has 332 valence electrons. The Morgan fingerprint density at radius 3 is 2.56 bits per heavy atom.